The number of unbranched alkanes of at least 4 members (excludes halogenated alkanes) is 1. The lowest BCUT2D eigenvalue weighted by molar-refractivity contribution is -0.150. The van der Waals surface area contributed by atoms with Crippen molar-refractivity contribution in [2.75, 3.05) is 6.61 Å². The van der Waals surface area contributed by atoms with Crippen molar-refractivity contribution in [3.05, 3.63) is 0 Å². The molecule has 0 aromatic carbocycles. The van der Waals surface area contributed by atoms with Crippen LogP contribution in [0.25, 0.3) is 0 Å². The molecule has 0 aromatic heterocycles. The smallest absolute Gasteiger partial charge is 0.306 e. The fourth-order valence-electron chi connectivity index (χ4n) is 2.02. The van der Waals surface area contributed by atoms with Crippen molar-refractivity contribution in [2.45, 2.75) is 85.2 Å². The zero-order valence-electron chi connectivity index (χ0n) is 14.2. The Balaban J connectivity index is 3.71. The van der Waals surface area contributed by atoms with Gasteiger partial charge in [0.2, 0.25) is 0 Å². The Morgan fingerprint density at radius 1 is 0.905 bits per heavy atom. The first-order chi connectivity index (χ1) is 9.99. The van der Waals surface area contributed by atoms with E-state index < -0.39 is 0 Å². The Bertz CT molecular complexity index is 281. The van der Waals surface area contributed by atoms with Crippen LogP contribution in [0.5, 0.6) is 0 Å². The van der Waals surface area contributed by atoms with E-state index in [0.717, 1.165) is 25.7 Å². The molecule has 0 saturated heterocycles. The quantitative estimate of drug-likeness (QED) is 0.399. The summed E-state index contributed by atoms with van der Waals surface area (Å²) in [4.78, 5) is 23.1. The maximum Gasteiger partial charge on any atom is 0.306 e. The van der Waals surface area contributed by atoms with Crippen LogP contribution in [0.1, 0.15) is 79.1 Å². The summed E-state index contributed by atoms with van der Waals surface area (Å²) in [5.41, 5.74) is 0. The summed E-state index contributed by atoms with van der Waals surface area (Å²) < 4.78 is 10.5. The summed E-state index contributed by atoms with van der Waals surface area (Å²) in [5.74, 6) is 0.0438. The number of carbonyl (C=O) groups is 2. The van der Waals surface area contributed by atoms with E-state index in [0.29, 0.717) is 38.2 Å². The minimum absolute atomic E-state index is 0.0588. The second-order valence-electron chi connectivity index (χ2n) is 5.97. The van der Waals surface area contributed by atoms with Gasteiger partial charge in [-0.25, -0.2) is 0 Å². The molecule has 0 unspecified atom stereocenters. The third-order valence-electron chi connectivity index (χ3n) is 3.11. The van der Waals surface area contributed by atoms with Crippen molar-refractivity contribution in [2.24, 2.45) is 5.92 Å². The topological polar surface area (TPSA) is 52.6 Å². The Kier molecular flexibility index (Phi) is 12.0. The van der Waals surface area contributed by atoms with Crippen LogP contribution in [-0.2, 0) is 19.1 Å². The van der Waals surface area contributed by atoms with E-state index in [1.807, 2.05) is 13.8 Å². The predicted octanol–water partition coefficient (Wildman–Crippen LogP) is 4.26. The molecule has 0 radical (unpaired) electrons. The van der Waals surface area contributed by atoms with Gasteiger partial charge >= 0.3 is 11.9 Å². The summed E-state index contributed by atoms with van der Waals surface area (Å²) in [6.45, 7) is 8.67. The molecule has 0 aliphatic carbocycles. The molecule has 4 heteroatoms. The van der Waals surface area contributed by atoms with Crippen LogP contribution in [0.2, 0.25) is 0 Å². The van der Waals surface area contributed by atoms with Crippen molar-refractivity contribution in [3.8, 4) is 0 Å². The molecular formula is C17H32O4. The number of carbonyl (C=O) groups excluding carboxylic acids is 2. The largest absolute Gasteiger partial charge is 0.465 e. The van der Waals surface area contributed by atoms with E-state index in [4.69, 9.17) is 9.47 Å². The third-order valence-corrected chi connectivity index (χ3v) is 3.11. The van der Waals surface area contributed by atoms with Crippen LogP contribution >= 0.6 is 0 Å². The molecule has 0 spiro atoms. The maximum atomic E-state index is 11.7. The van der Waals surface area contributed by atoms with E-state index in [9.17, 15) is 9.59 Å². The molecule has 0 N–H and O–H groups in total. The second kappa shape index (κ2) is 12.7. The van der Waals surface area contributed by atoms with Crippen LogP contribution in [0, 0.1) is 5.92 Å². The number of hydrogen-bond donors (Lipinski definition) is 0. The Morgan fingerprint density at radius 3 is 1.90 bits per heavy atom. The molecule has 0 atom stereocenters. The Morgan fingerprint density at radius 2 is 1.43 bits per heavy atom. The molecule has 124 valence electrons. The highest BCUT2D eigenvalue weighted by Crippen LogP contribution is 2.12. The number of ether oxygens (including phenoxy) is 2. The molecule has 0 aliphatic rings. The first-order valence-electron chi connectivity index (χ1n) is 8.34. The van der Waals surface area contributed by atoms with Crippen LogP contribution in [0.15, 0.2) is 0 Å². The van der Waals surface area contributed by atoms with Crippen LogP contribution in [0.4, 0.5) is 0 Å². The zero-order chi connectivity index (χ0) is 16.1. The summed E-state index contributed by atoms with van der Waals surface area (Å²) in [6.07, 6.45) is 6.11. The van der Waals surface area contributed by atoms with Crippen LogP contribution in [-0.4, -0.2) is 24.6 Å². The maximum absolute atomic E-state index is 11.7. The van der Waals surface area contributed by atoms with Gasteiger partial charge in [0, 0.05) is 12.8 Å². The van der Waals surface area contributed by atoms with Gasteiger partial charge in [-0.3, -0.25) is 9.59 Å². The van der Waals surface area contributed by atoms with Crippen molar-refractivity contribution in [1.82, 2.24) is 0 Å². The normalized spacial score (nSPS) is 11.0. The first kappa shape index (κ1) is 19.9. The van der Waals surface area contributed by atoms with E-state index in [2.05, 4.69) is 13.8 Å². The van der Waals surface area contributed by atoms with Crippen molar-refractivity contribution in [1.29, 1.82) is 0 Å². The summed E-state index contributed by atoms with van der Waals surface area (Å²) in [7, 11) is 0. The van der Waals surface area contributed by atoms with Crippen molar-refractivity contribution < 1.29 is 19.1 Å². The molecule has 0 amide bonds. The zero-order valence-corrected chi connectivity index (χ0v) is 14.2. The first-order valence-corrected chi connectivity index (χ1v) is 8.34. The molecular weight excluding hydrogens is 268 g/mol. The van der Waals surface area contributed by atoms with Gasteiger partial charge in [0.25, 0.3) is 0 Å². The highest BCUT2D eigenvalue weighted by molar-refractivity contribution is 5.70. The van der Waals surface area contributed by atoms with Gasteiger partial charge in [-0.2, -0.15) is 0 Å². The van der Waals surface area contributed by atoms with E-state index in [-0.39, 0.29) is 18.0 Å². The molecule has 0 saturated carbocycles. The lowest BCUT2D eigenvalue weighted by Gasteiger charge is -2.16. The van der Waals surface area contributed by atoms with Crippen LogP contribution < -0.4 is 0 Å². The molecule has 4 nitrogen and oxygen atoms in total. The molecule has 0 heterocycles. The molecule has 0 aromatic rings. The van der Waals surface area contributed by atoms with Crippen LogP contribution in [0.3, 0.4) is 0 Å². The molecule has 0 aliphatic heterocycles. The fourth-order valence-corrected chi connectivity index (χ4v) is 2.02. The minimum atomic E-state index is -0.174. The Labute approximate surface area is 129 Å². The number of hydrogen-bond acceptors (Lipinski definition) is 4. The van der Waals surface area contributed by atoms with Crippen molar-refractivity contribution in [3.63, 3.8) is 0 Å². The average Bonchev–Trinajstić information content (AvgIpc) is 2.42. The van der Waals surface area contributed by atoms with E-state index >= 15 is 0 Å². The van der Waals surface area contributed by atoms with Gasteiger partial charge in [0.05, 0.1) is 6.61 Å². The number of rotatable bonds is 12. The SMILES string of the molecule is CCCC(CCC)OC(=O)CCCCC(=O)OCC(C)C. The van der Waals surface area contributed by atoms with Gasteiger partial charge < -0.3 is 9.47 Å². The lowest BCUT2D eigenvalue weighted by atomic mass is 10.1. The number of esters is 2. The predicted molar refractivity (Wildman–Crippen MR) is 84.0 cm³/mol. The summed E-state index contributed by atoms with van der Waals surface area (Å²) in [5, 5.41) is 0. The monoisotopic (exact) mass is 300 g/mol. The van der Waals surface area contributed by atoms with Gasteiger partial charge in [-0.05, 0) is 31.6 Å². The Hall–Kier alpha value is -1.06. The average molecular weight is 300 g/mol. The summed E-state index contributed by atoms with van der Waals surface area (Å²) in [6, 6.07) is 0. The molecule has 0 fully saturated rings. The molecule has 0 rings (SSSR count). The second-order valence-corrected chi connectivity index (χ2v) is 5.97. The summed E-state index contributed by atoms with van der Waals surface area (Å²) >= 11 is 0. The molecule has 0 bridgehead atoms. The lowest BCUT2D eigenvalue weighted by Crippen LogP contribution is -2.18. The molecule has 21 heavy (non-hydrogen) atoms. The van der Waals surface area contributed by atoms with Crippen molar-refractivity contribution >= 4 is 11.9 Å². The third kappa shape index (κ3) is 12.4. The van der Waals surface area contributed by atoms with Gasteiger partial charge in [0.15, 0.2) is 0 Å². The minimum Gasteiger partial charge on any atom is -0.465 e. The van der Waals surface area contributed by atoms with Gasteiger partial charge in [0.1, 0.15) is 6.10 Å². The highest BCUT2D eigenvalue weighted by atomic mass is 16.5. The van der Waals surface area contributed by atoms with E-state index in [1.165, 1.54) is 0 Å². The highest BCUT2D eigenvalue weighted by Gasteiger charge is 2.13. The van der Waals surface area contributed by atoms with Gasteiger partial charge in [-0.1, -0.05) is 40.5 Å². The van der Waals surface area contributed by atoms with E-state index in [1.54, 1.807) is 0 Å². The fraction of sp³-hybridized carbons (Fsp3) is 0.882. The standard InChI is InChI=1S/C17H32O4/c1-5-9-15(10-6-2)21-17(19)12-8-7-11-16(18)20-13-14(3)4/h14-15H,5-13H2,1-4H3. The van der Waals surface area contributed by atoms with Gasteiger partial charge in [-0.15, -0.1) is 0 Å².